The maximum atomic E-state index is 10.9. The van der Waals surface area contributed by atoms with Crippen molar-refractivity contribution in [2.75, 3.05) is 21.3 Å². The Bertz CT molecular complexity index is 447. The van der Waals surface area contributed by atoms with Gasteiger partial charge in [-0.15, -0.1) is 0 Å². The van der Waals surface area contributed by atoms with E-state index in [1.165, 1.54) is 14.2 Å². The van der Waals surface area contributed by atoms with Crippen molar-refractivity contribution in [3.63, 3.8) is 0 Å². The number of methoxy groups -OCH3 is 3. The third-order valence-corrected chi connectivity index (χ3v) is 2.76. The molecule has 1 unspecified atom stereocenters. The number of nitrogens with two attached hydrogens (primary N) is 1. The van der Waals surface area contributed by atoms with Crippen LogP contribution < -0.4 is 15.2 Å². The molecule has 0 heterocycles. The molecular formula is C13H19NO5. The Morgan fingerprint density at radius 1 is 1.32 bits per heavy atom. The van der Waals surface area contributed by atoms with Gasteiger partial charge in [-0.2, -0.15) is 0 Å². The van der Waals surface area contributed by atoms with Gasteiger partial charge in [0.1, 0.15) is 17.5 Å². The van der Waals surface area contributed by atoms with E-state index in [1.807, 2.05) is 6.07 Å². The molecule has 106 valence electrons. The largest absolute Gasteiger partial charge is 0.496 e. The zero-order chi connectivity index (χ0) is 14.4. The van der Waals surface area contributed by atoms with Crippen LogP contribution in [0, 0.1) is 0 Å². The van der Waals surface area contributed by atoms with Crippen LogP contribution in [0.1, 0.15) is 11.1 Å². The van der Waals surface area contributed by atoms with Crippen molar-refractivity contribution in [3.05, 3.63) is 23.3 Å². The smallest absolute Gasteiger partial charge is 0.320 e. The third-order valence-electron chi connectivity index (χ3n) is 2.76. The van der Waals surface area contributed by atoms with Crippen LogP contribution in [-0.4, -0.2) is 38.4 Å². The predicted octanol–water partition coefficient (Wildman–Crippen LogP) is 0.805. The monoisotopic (exact) mass is 269 g/mol. The van der Waals surface area contributed by atoms with E-state index in [1.54, 1.807) is 13.2 Å². The molecule has 0 saturated heterocycles. The predicted molar refractivity (Wildman–Crippen MR) is 69.6 cm³/mol. The first-order valence-corrected chi connectivity index (χ1v) is 5.75. The summed E-state index contributed by atoms with van der Waals surface area (Å²) in [5.41, 5.74) is 7.03. The van der Waals surface area contributed by atoms with Gasteiger partial charge < -0.3 is 25.1 Å². The van der Waals surface area contributed by atoms with Gasteiger partial charge in [-0.05, 0) is 12.1 Å². The highest BCUT2D eigenvalue weighted by atomic mass is 16.5. The number of carbonyl (C=O) groups is 1. The Labute approximate surface area is 112 Å². The number of hydrogen-bond acceptors (Lipinski definition) is 5. The summed E-state index contributed by atoms with van der Waals surface area (Å²) in [6, 6.07) is 2.55. The molecule has 3 N–H and O–H groups in total. The van der Waals surface area contributed by atoms with Crippen molar-refractivity contribution in [2.45, 2.75) is 19.1 Å². The minimum Gasteiger partial charge on any atom is -0.496 e. The first-order valence-electron chi connectivity index (χ1n) is 5.75. The van der Waals surface area contributed by atoms with E-state index in [-0.39, 0.29) is 6.42 Å². The number of carboxylic acids is 1. The molecule has 1 aromatic rings. The molecule has 0 saturated carbocycles. The molecule has 0 aliphatic heterocycles. The van der Waals surface area contributed by atoms with E-state index < -0.39 is 12.0 Å². The lowest BCUT2D eigenvalue weighted by Crippen LogP contribution is -2.32. The molecule has 1 aromatic carbocycles. The summed E-state index contributed by atoms with van der Waals surface area (Å²) in [6.07, 6.45) is 0.124. The van der Waals surface area contributed by atoms with Crippen molar-refractivity contribution in [2.24, 2.45) is 5.73 Å². The van der Waals surface area contributed by atoms with Gasteiger partial charge in [0, 0.05) is 24.7 Å². The van der Waals surface area contributed by atoms with Crippen molar-refractivity contribution >= 4 is 5.97 Å². The number of aliphatic carboxylic acids is 1. The molecule has 1 atom stereocenters. The lowest BCUT2D eigenvalue weighted by atomic mass is 10.0. The Kier molecular flexibility index (Phi) is 5.59. The van der Waals surface area contributed by atoms with Gasteiger partial charge in [0.05, 0.1) is 20.8 Å². The quantitative estimate of drug-likeness (QED) is 0.761. The van der Waals surface area contributed by atoms with Gasteiger partial charge in [-0.3, -0.25) is 4.79 Å². The molecule has 19 heavy (non-hydrogen) atoms. The van der Waals surface area contributed by atoms with Gasteiger partial charge in [0.2, 0.25) is 0 Å². The second-order valence-electron chi connectivity index (χ2n) is 4.02. The minimum atomic E-state index is -1.07. The van der Waals surface area contributed by atoms with Crippen LogP contribution in [0.5, 0.6) is 11.5 Å². The molecule has 0 bridgehead atoms. The number of ether oxygens (including phenoxy) is 3. The van der Waals surface area contributed by atoms with Crippen LogP contribution in [-0.2, 0) is 22.6 Å². The number of benzene rings is 1. The third kappa shape index (κ3) is 3.59. The van der Waals surface area contributed by atoms with Crippen LogP contribution >= 0.6 is 0 Å². The number of hydrogen-bond donors (Lipinski definition) is 2. The Balaban J connectivity index is 3.22. The van der Waals surface area contributed by atoms with Gasteiger partial charge >= 0.3 is 5.97 Å². The minimum absolute atomic E-state index is 0.124. The molecule has 0 aliphatic carbocycles. The fourth-order valence-corrected chi connectivity index (χ4v) is 1.87. The maximum absolute atomic E-state index is 10.9. The standard InChI is InChI=1S/C13H19NO5/c1-17-7-8-4-5-11(18-2)9(12(8)19-3)6-10(14)13(15)16/h4-5,10H,6-7,14H2,1-3H3,(H,15,16). The van der Waals surface area contributed by atoms with Crippen molar-refractivity contribution in [1.29, 1.82) is 0 Å². The molecule has 0 fully saturated rings. The summed E-state index contributed by atoms with van der Waals surface area (Å²) >= 11 is 0. The maximum Gasteiger partial charge on any atom is 0.320 e. The van der Waals surface area contributed by atoms with E-state index in [9.17, 15) is 4.79 Å². The van der Waals surface area contributed by atoms with E-state index in [0.717, 1.165) is 5.56 Å². The van der Waals surface area contributed by atoms with Crippen molar-refractivity contribution < 1.29 is 24.1 Å². The summed E-state index contributed by atoms with van der Waals surface area (Å²) in [5, 5.41) is 8.91. The summed E-state index contributed by atoms with van der Waals surface area (Å²) in [6.45, 7) is 0.364. The second-order valence-corrected chi connectivity index (χ2v) is 4.02. The highest BCUT2D eigenvalue weighted by Crippen LogP contribution is 2.33. The Morgan fingerprint density at radius 3 is 2.47 bits per heavy atom. The van der Waals surface area contributed by atoms with Gasteiger partial charge in [0.25, 0.3) is 0 Å². The van der Waals surface area contributed by atoms with Crippen molar-refractivity contribution in [3.8, 4) is 11.5 Å². The Morgan fingerprint density at radius 2 is 2.00 bits per heavy atom. The topological polar surface area (TPSA) is 91.0 Å². The normalized spacial score (nSPS) is 12.0. The number of rotatable bonds is 7. The van der Waals surface area contributed by atoms with Crippen LogP contribution in [0.4, 0.5) is 0 Å². The highest BCUT2D eigenvalue weighted by molar-refractivity contribution is 5.74. The van der Waals surface area contributed by atoms with E-state index >= 15 is 0 Å². The lowest BCUT2D eigenvalue weighted by molar-refractivity contribution is -0.138. The molecule has 0 spiro atoms. The zero-order valence-electron chi connectivity index (χ0n) is 11.3. The molecule has 0 aliphatic rings. The second kappa shape index (κ2) is 6.96. The fourth-order valence-electron chi connectivity index (χ4n) is 1.87. The SMILES string of the molecule is COCc1ccc(OC)c(CC(N)C(=O)O)c1OC. The first kappa shape index (κ1) is 15.3. The summed E-state index contributed by atoms with van der Waals surface area (Å²) < 4.78 is 15.7. The average molecular weight is 269 g/mol. The average Bonchev–Trinajstić information content (AvgIpc) is 2.39. The highest BCUT2D eigenvalue weighted by Gasteiger charge is 2.20. The summed E-state index contributed by atoms with van der Waals surface area (Å²) in [4.78, 5) is 10.9. The van der Waals surface area contributed by atoms with Gasteiger partial charge in [-0.25, -0.2) is 0 Å². The van der Waals surface area contributed by atoms with Crippen LogP contribution in [0.25, 0.3) is 0 Å². The van der Waals surface area contributed by atoms with Crippen LogP contribution in [0.2, 0.25) is 0 Å². The molecule has 0 radical (unpaired) electrons. The van der Waals surface area contributed by atoms with Crippen LogP contribution in [0.15, 0.2) is 12.1 Å². The van der Waals surface area contributed by atoms with Gasteiger partial charge in [0.15, 0.2) is 0 Å². The van der Waals surface area contributed by atoms with Crippen molar-refractivity contribution in [1.82, 2.24) is 0 Å². The van der Waals surface area contributed by atoms with Crippen LogP contribution in [0.3, 0.4) is 0 Å². The molecule has 0 amide bonds. The molecular weight excluding hydrogens is 250 g/mol. The van der Waals surface area contributed by atoms with E-state index in [0.29, 0.717) is 23.7 Å². The molecule has 6 heteroatoms. The Hall–Kier alpha value is -1.79. The van der Waals surface area contributed by atoms with E-state index in [2.05, 4.69) is 0 Å². The molecule has 1 rings (SSSR count). The first-order chi connectivity index (χ1) is 9.04. The molecule has 0 aromatic heterocycles. The summed E-state index contributed by atoms with van der Waals surface area (Å²) in [5.74, 6) is 0.0348. The zero-order valence-corrected chi connectivity index (χ0v) is 11.3. The van der Waals surface area contributed by atoms with E-state index in [4.69, 9.17) is 25.1 Å². The lowest BCUT2D eigenvalue weighted by Gasteiger charge is -2.18. The summed E-state index contributed by atoms with van der Waals surface area (Å²) in [7, 11) is 4.61. The fraction of sp³-hybridized carbons (Fsp3) is 0.462. The number of carboxylic acid groups (broad SMARTS) is 1. The van der Waals surface area contributed by atoms with Gasteiger partial charge in [-0.1, -0.05) is 0 Å². The molecule has 6 nitrogen and oxygen atoms in total.